The predicted molar refractivity (Wildman–Crippen MR) is 166 cm³/mol. The zero-order valence-electron chi connectivity index (χ0n) is 24.8. The van der Waals surface area contributed by atoms with Gasteiger partial charge in [-0.3, -0.25) is 34.1 Å². The molecule has 0 aromatic heterocycles. The van der Waals surface area contributed by atoms with Crippen LogP contribution < -0.4 is 16.0 Å². The van der Waals surface area contributed by atoms with Gasteiger partial charge in [-0.25, -0.2) is 0 Å². The van der Waals surface area contributed by atoms with E-state index in [2.05, 4.69) is 35.5 Å². The summed E-state index contributed by atoms with van der Waals surface area (Å²) >= 11 is 4.01. The zero-order chi connectivity index (χ0) is 32.5. The molecule has 2 amide bonds. The van der Waals surface area contributed by atoms with Gasteiger partial charge in [0.05, 0.1) is 0 Å². The maximum atomic E-state index is 12.7. The molecule has 43 heavy (non-hydrogen) atoms. The van der Waals surface area contributed by atoms with Crippen LogP contribution in [0, 0.1) is 0 Å². The van der Waals surface area contributed by atoms with Gasteiger partial charge in [0.1, 0.15) is 24.4 Å². The summed E-state index contributed by atoms with van der Waals surface area (Å²) in [5.74, 6) is -4.81. The summed E-state index contributed by atoms with van der Waals surface area (Å²) in [5.41, 5.74) is 0. The Morgan fingerprint density at radius 1 is 0.814 bits per heavy atom. The van der Waals surface area contributed by atoms with Crippen LogP contribution in [-0.4, -0.2) is 81.2 Å². The Bertz CT molecular complexity index is 982. The molecule has 0 aromatic rings. The largest absolute Gasteiger partial charge is 0.481 e. The minimum atomic E-state index is -1.25. The fourth-order valence-electron chi connectivity index (χ4n) is 3.82. The van der Waals surface area contributed by atoms with Gasteiger partial charge in [-0.1, -0.05) is 56.2 Å². The first kappa shape index (κ1) is 39.5. The van der Waals surface area contributed by atoms with Crippen molar-refractivity contribution in [3.8, 4) is 0 Å². The lowest BCUT2D eigenvalue weighted by Crippen LogP contribution is -2.49. The van der Waals surface area contributed by atoms with Crippen LogP contribution in [0.25, 0.3) is 0 Å². The Balaban J connectivity index is 5.23. The monoisotopic (exact) mass is 625 g/mol. The van der Waals surface area contributed by atoms with Gasteiger partial charge in [-0.15, -0.1) is 0 Å². The topological polar surface area (TPSA) is 199 Å². The maximum Gasteiger partial charge on any atom is 0.322 e. The third-order valence-electron chi connectivity index (χ3n) is 6.12. The quantitative estimate of drug-likeness (QED) is 0.0426. The highest BCUT2D eigenvalue weighted by Crippen LogP contribution is 2.08. The second-order valence-corrected chi connectivity index (χ2v) is 10.3. The molecule has 0 fully saturated rings. The summed E-state index contributed by atoms with van der Waals surface area (Å²) in [4.78, 5) is 70.4. The van der Waals surface area contributed by atoms with E-state index in [4.69, 9.17) is 10.2 Å². The van der Waals surface area contributed by atoms with Gasteiger partial charge in [0, 0.05) is 37.5 Å². The van der Waals surface area contributed by atoms with E-state index in [1.165, 1.54) is 0 Å². The van der Waals surface area contributed by atoms with E-state index in [0.29, 0.717) is 19.3 Å². The number of unbranched alkanes of at least 4 members (excludes halogenated alkanes) is 4. The summed E-state index contributed by atoms with van der Waals surface area (Å²) in [6, 6.07) is -2.87. The minimum Gasteiger partial charge on any atom is -0.481 e. The lowest BCUT2D eigenvalue weighted by molar-refractivity contribution is -0.140. The fourth-order valence-corrected chi connectivity index (χ4v) is 4.08. The van der Waals surface area contributed by atoms with Crippen molar-refractivity contribution in [2.45, 2.75) is 102 Å². The molecule has 0 aliphatic rings. The van der Waals surface area contributed by atoms with E-state index in [1.807, 2.05) is 24.3 Å². The number of carboxylic acid groups (broad SMARTS) is 3. The number of carbonyl (C=O) groups is 6. The first-order valence-corrected chi connectivity index (χ1v) is 15.2. The van der Waals surface area contributed by atoms with Crippen LogP contribution in [0.15, 0.2) is 36.5 Å². The van der Waals surface area contributed by atoms with E-state index in [1.54, 1.807) is 12.2 Å². The van der Waals surface area contributed by atoms with Crippen LogP contribution in [0.1, 0.15) is 84.0 Å². The second kappa shape index (κ2) is 25.1. The number of carboxylic acids is 3. The number of Topliss-reactive ketones (excluding diaryl/α,β-unsaturated/α-hetero) is 1. The highest BCUT2D eigenvalue weighted by molar-refractivity contribution is 7.80. The molecule has 0 saturated carbocycles. The molecule has 0 rings (SSSR count). The van der Waals surface area contributed by atoms with Crippen LogP contribution in [0.5, 0.6) is 0 Å². The number of nitrogens with one attached hydrogen (secondary N) is 3. The third kappa shape index (κ3) is 22.8. The van der Waals surface area contributed by atoms with Crippen LogP contribution in [0.3, 0.4) is 0 Å². The summed E-state index contributed by atoms with van der Waals surface area (Å²) in [7, 11) is 0. The lowest BCUT2D eigenvalue weighted by atomic mass is 10.0. The highest BCUT2D eigenvalue weighted by atomic mass is 32.1. The summed E-state index contributed by atoms with van der Waals surface area (Å²) in [6.45, 7) is 1.50. The van der Waals surface area contributed by atoms with Crippen molar-refractivity contribution >= 4 is 48.1 Å². The average Bonchev–Trinajstić information content (AvgIpc) is 2.95. The second-order valence-electron chi connectivity index (χ2n) is 9.95. The van der Waals surface area contributed by atoms with Crippen molar-refractivity contribution in [3.63, 3.8) is 0 Å². The maximum absolute atomic E-state index is 12.7. The molecule has 0 aromatic carbocycles. The van der Waals surface area contributed by atoms with Gasteiger partial charge in [-0.05, 0) is 38.5 Å². The first-order chi connectivity index (χ1) is 20.5. The molecule has 0 radical (unpaired) electrons. The smallest absolute Gasteiger partial charge is 0.322 e. The highest BCUT2D eigenvalue weighted by Gasteiger charge is 2.24. The van der Waals surface area contributed by atoms with Gasteiger partial charge < -0.3 is 26.0 Å². The van der Waals surface area contributed by atoms with E-state index < -0.39 is 54.4 Å². The molecule has 1 unspecified atom stereocenters. The predicted octanol–water partition coefficient (Wildman–Crippen LogP) is 3.04. The molecule has 0 spiro atoms. The van der Waals surface area contributed by atoms with Gasteiger partial charge in [0.15, 0.2) is 0 Å². The molecule has 242 valence electrons. The number of thiol groups is 1. The van der Waals surface area contributed by atoms with E-state index in [0.717, 1.165) is 25.7 Å². The Kier molecular flexibility index (Phi) is 23.1. The van der Waals surface area contributed by atoms with Crippen molar-refractivity contribution in [2.24, 2.45) is 0 Å². The van der Waals surface area contributed by atoms with Gasteiger partial charge in [-0.2, -0.15) is 12.6 Å². The van der Waals surface area contributed by atoms with Crippen molar-refractivity contribution in [2.75, 3.05) is 12.3 Å². The molecule has 12 nitrogen and oxygen atoms in total. The fraction of sp³-hybridized carbons (Fsp3) is 0.600. The number of amides is 2. The molecule has 0 aliphatic carbocycles. The molecule has 0 heterocycles. The summed E-state index contributed by atoms with van der Waals surface area (Å²) < 4.78 is 0. The average molecular weight is 626 g/mol. The number of hydrogen-bond donors (Lipinski definition) is 7. The van der Waals surface area contributed by atoms with Crippen LogP contribution in [-0.2, 0) is 28.8 Å². The Labute approximate surface area is 258 Å². The summed E-state index contributed by atoms with van der Waals surface area (Å²) in [5, 5.41) is 34.7. The van der Waals surface area contributed by atoms with Gasteiger partial charge >= 0.3 is 17.9 Å². The molecular formula is C30H47N3O9S. The number of ketones is 1. The zero-order valence-corrected chi connectivity index (χ0v) is 25.7. The molecule has 3 atom stereocenters. The Morgan fingerprint density at radius 3 is 2.14 bits per heavy atom. The molecule has 0 bridgehead atoms. The normalized spacial score (nSPS) is 13.6. The van der Waals surface area contributed by atoms with Crippen LogP contribution >= 0.6 is 12.6 Å². The van der Waals surface area contributed by atoms with E-state index >= 15 is 0 Å². The SMILES string of the molecule is CCCCCC=CCC(=O)CC(C=CCC=CCCCC(=O)O)N[C@@H](CCC(=O)N[C@@H](CS)C(=O)NCC(=O)O)C(=O)O. The van der Waals surface area contributed by atoms with Crippen molar-refractivity contribution in [3.05, 3.63) is 36.5 Å². The molecule has 13 heteroatoms. The van der Waals surface area contributed by atoms with Gasteiger partial charge in [0.25, 0.3) is 0 Å². The standard InChI is InChI=1S/C30H47N3O9S/c1-2-3-4-5-9-12-15-23(34)19-22(14-11-8-6-7-10-13-16-27(36)37)32-24(30(41)42)17-18-26(35)33-25(21-43)29(40)31-20-28(38)39/h6-7,9,11-12,14,22,24-25,32,43H,2-5,8,10,13,15-21H2,1H3,(H,31,40)(H,33,35)(H,36,37)(H,38,39)(H,41,42)/t22?,24-,25-/m0/s1. The van der Waals surface area contributed by atoms with Crippen LogP contribution in [0.2, 0.25) is 0 Å². The Morgan fingerprint density at radius 2 is 1.51 bits per heavy atom. The van der Waals surface area contributed by atoms with Crippen molar-refractivity contribution in [1.29, 1.82) is 0 Å². The van der Waals surface area contributed by atoms with Crippen LogP contribution in [0.4, 0.5) is 0 Å². The molecule has 6 N–H and O–H groups in total. The summed E-state index contributed by atoms with van der Waals surface area (Å²) in [6.07, 6.45) is 16.8. The third-order valence-corrected chi connectivity index (χ3v) is 6.49. The van der Waals surface area contributed by atoms with Gasteiger partial charge in [0.2, 0.25) is 11.8 Å². The van der Waals surface area contributed by atoms with E-state index in [9.17, 15) is 33.9 Å². The molecular weight excluding hydrogens is 578 g/mol. The Hall–Kier alpha value is -3.45. The number of hydrogen-bond acceptors (Lipinski definition) is 8. The molecule has 0 saturated heterocycles. The van der Waals surface area contributed by atoms with Crippen molar-refractivity contribution < 1.29 is 44.1 Å². The number of carbonyl (C=O) groups excluding carboxylic acids is 3. The van der Waals surface area contributed by atoms with Crippen molar-refractivity contribution in [1.82, 2.24) is 16.0 Å². The minimum absolute atomic E-state index is 0.0412. The molecule has 0 aliphatic heterocycles. The number of allylic oxidation sites excluding steroid dienone is 5. The first-order valence-electron chi connectivity index (χ1n) is 14.6. The number of aliphatic carboxylic acids is 3. The number of rotatable bonds is 26. The lowest BCUT2D eigenvalue weighted by Gasteiger charge is -2.21. The van der Waals surface area contributed by atoms with E-state index in [-0.39, 0.29) is 43.6 Å².